The van der Waals surface area contributed by atoms with Crippen LogP contribution in [0.5, 0.6) is 5.75 Å². The number of benzene rings is 1. The van der Waals surface area contributed by atoms with Crippen LogP contribution in [0.3, 0.4) is 0 Å². The zero-order valence-corrected chi connectivity index (χ0v) is 12.6. The highest BCUT2D eigenvalue weighted by molar-refractivity contribution is 5.79. The molecule has 1 heterocycles. The van der Waals surface area contributed by atoms with E-state index in [1.165, 1.54) is 5.56 Å². The van der Waals surface area contributed by atoms with Crippen LogP contribution in [-0.2, 0) is 22.4 Å². The molecule has 0 saturated heterocycles. The van der Waals surface area contributed by atoms with Crippen LogP contribution in [0.25, 0.3) is 0 Å². The number of ether oxygens (including phenoxy) is 1. The molecule has 2 rings (SSSR count). The summed E-state index contributed by atoms with van der Waals surface area (Å²) in [4.78, 5) is 23.2. The topological polar surface area (TPSA) is 67.4 Å². The van der Waals surface area contributed by atoms with Gasteiger partial charge in [0, 0.05) is 25.4 Å². The molecule has 2 N–H and O–H groups in total. The van der Waals surface area contributed by atoms with Gasteiger partial charge in [-0.25, -0.2) is 0 Å². The second-order valence-electron chi connectivity index (χ2n) is 5.51. The van der Waals surface area contributed by atoms with Gasteiger partial charge in [-0.3, -0.25) is 9.59 Å². The molecule has 0 aliphatic carbocycles. The summed E-state index contributed by atoms with van der Waals surface area (Å²) in [5.74, 6) is 0.862. The zero-order chi connectivity index (χ0) is 15.2. The molecule has 0 aromatic heterocycles. The Bertz CT molecular complexity index is 526. The molecule has 0 spiro atoms. The maximum atomic E-state index is 11.8. The largest absolute Gasteiger partial charge is 0.493 e. The van der Waals surface area contributed by atoms with E-state index in [-0.39, 0.29) is 17.7 Å². The Morgan fingerprint density at radius 3 is 2.76 bits per heavy atom. The maximum absolute atomic E-state index is 11.8. The molecule has 0 unspecified atom stereocenters. The van der Waals surface area contributed by atoms with Crippen LogP contribution in [0, 0.1) is 5.92 Å². The summed E-state index contributed by atoms with van der Waals surface area (Å²) in [5.41, 5.74) is 2.16. The minimum absolute atomic E-state index is 0.00266. The average molecular weight is 290 g/mol. The Hall–Kier alpha value is -2.04. The molecule has 1 aliphatic heterocycles. The predicted octanol–water partition coefficient (Wildman–Crippen LogP) is 1.05. The quantitative estimate of drug-likeness (QED) is 0.770. The third-order valence-corrected chi connectivity index (χ3v) is 3.39. The second kappa shape index (κ2) is 7.11. The van der Waals surface area contributed by atoms with Crippen LogP contribution < -0.4 is 15.4 Å². The van der Waals surface area contributed by atoms with Crippen molar-refractivity contribution in [2.45, 2.75) is 26.7 Å². The van der Waals surface area contributed by atoms with Crippen LogP contribution in [-0.4, -0.2) is 31.5 Å². The van der Waals surface area contributed by atoms with Crippen molar-refractivity contribution in [1.82, 2.24) is 10.6 Å². The van der Waals surface area contributed by atoms with E-state index in [9.17, 15) is 9.59 Å². The van der Waals surface area contributed by atoms with Gasteiger partial charge in [0.1, 0.15) is 5.75 Å². The predicted molar refractivity (Wildman–Crippen MR) is 80.2 cm³/mol. The molecular formula is C16H22N2O3. The number of fused-ring (bicyclic) bond motifs is 1. The highest BCUT2D eigenvalue weighted by Crippen LogP contribution is 2.25. The Kier molecular flexibility index (Phi) is 5.20. The lowest BCUT2D eigenvalue weighted by Crippen LogP contribution is -2.36. The van der Waals surface area contributed by atoms with E-state index in [2.05, 4.69) is 10.6 Å². The minimum Gasteiger partial charge on any atom is -0.493 e. The molecule has 0 fully saturated rings. The molecule has 1 aliphatic rings. The molecule has 0 radical (unpaired) electrons. The Morgan fingerprint density at radius 2 is 2.00 bits per heavy atom. The summed E-state index contributed by atoms with van der Waals surface area (Å²) >= 11 is 0. The first-order valence-electron chi connectivity index (χ1n) is 7.35. The first-order chi connectivity index (χ1) is 10.1. The van der Waals surface area contributed by atoms with Gasteiger partial charge in [0.15, 0.2) is 0 Å². The minimum atomic E-state index is -0.0346. The number of carbonyl (C=O) groups is 2. The average Bonchev–Trinajstić information content (AvgIpc) is 2.90. The van der Waals surface area contributed by atoms with Crippen LogP contribution in [0.4, 0.5) is 0 Å². The van der Waals surface area contributed by atoms with Crippen LogP contribution in [0.1, 0.15) is 25.0 Å². The van der Waals surface area contributed by atoms with E-state index in [1.807, 2.05) is 32.0 Å². The van der Waals surface area contributed by atoms with E-state index < -0.39 is 0 Å². The van der Waals surface area contributed by atoms with Gasteiger partial charge in [-0.1, -0.05) is 26.0 Å². The van der Waals surface area contributed by atoms with Gasteiger partial charge in [0.25, 0.3) is 0 Å². The van der Waals surface area contributed by atoms with E-state index in [0.717, 1.165) is 24.3 Å². The van der Waals surface area contributed by atoms with Gasteiger partial charge >= 0.3 is 0 Å². The highest BCUT2D eigenvalue weighted by atomic mass is 16.5. The highest BCUT2D eigenvalue weighted by Gasteiger charge is 2.13. The third-order valence-electron chi connectivity index (χ3n) is 3.39. The van der Waals surface area contributed by atoms with Gasteiger partial charge in [0.05, 0.1) is 13.0 Å². The monoisotopic (exact) mass is 290 g/mol. The standard InChI is InChI=1S/C16H22N2O3/c1-11(2)16(20)18-7-6-17-15(19)10-12-3-4-14-13(9-12)5-8-21-14/h3-4,9,11H,5-8,10H2,1-2H3,(H,17,19)(H,18,20). The number of amides is 2. The van der Waals surface area contributed by atoms with Crippen LogP contribution in [0.15, 0.2) is 18.2 Å². The van der Waals surface area contributed by atoms with E-state index in [1.54, 1.807) is 0 Å². The first-order valence-corrected chi connectivity index (χ1v) is 7.35. The van der Waals surface area contributed by atoms with Crippen molar-refractivity contribution >= 4 is 11.8 Å². The van der Waals surface area contributed by atoms with Gasteiger partial charge in [0.2, 0.25) is 11.8 Å². The maximum Gasteiger partial charge on any atom is 0.224 e. The molecule has 0 atom stereocenters. The molecule has 1 aromatic carbocycles. The number of hydrogen-bond acceptors (Lipinski definition) is 3. The second-order valence-corrected chi connectivity index (χ2v) is 5.51. The number of rotatable bonds is 6. The van der Waals surface area contributed by atoms with Crippen molar-refractivity contribution < 1.29 is 14.3 Å². The van der Waals surface area contributed by atoms with Crippen molar-refractivity contribution in [1.29, 1.82) is 0 Å². The summed E-state index contributed by atoms with van der Waals surface area (Å²) in [6.45, 7) is 5.31. The Labute approximate surface area is 125 Å². The smallest absolute Gasteiger partial charge is 0.224 e. The molecule has 1 aromatic rings. The Morgan fingerprint density at radius 1 is 1.24 bits per heavy atom. The van der Waals surface area contributed by atoms with Gasteiger partial charge in [-0.15, -0.1) is 0 Å². The van der Waals surface area contributed by atoms with Gasteiger partial charge in [-0.05, 0) is 17.2 Å². The van der Waals surface area contributed by atoms with E-state index in [0.29, 0.717) is 19.5 Å². The molecule has 5 heteroatoms. The molecule has 0 bridgehead atoms. The van der Waals surface area contributed by atoms with E-state index >= 15 is 0 Å². The SMILES string of the molecule is CC(C)C(=O)NCCNC(=O)Cc1ccc2c(c1)CCO2. The van der Waals surface area contributed by atoms with Crippen LogP contribution >= 0.6 is 0 Å². The van der Waals surface area contributed by atoms with Crippen LogP contribution in [0.2, 0.25) is 0 Å². The Balaban J connectivity index is 1.71. The summed E-state index contributed by atoms with van der Waals surface area (Å²) in [6.07, 6.45) is 1.26. The molecular weight excluding hydrogens is 268 g/mol. The van der Waals surface area contributed by atoms with Gasteiger partial charge < -0.3 is 15.4 Å². The number of carbonyl (C=O) groups excluding carboxylic acids is 2. The lowest BCUT2D eigenvalue weighted by molar-refractivity contribution is -0.124. The fourth-order valence-corrected chi connectivity index (χ4v) is 2.19. The van der Waals surface area contributed by atoms with Crippen molar-refractivity contribution in [3.8, 4) is 5.75 Å². The molecule has 21 heavy (non-hydrogen) atoms. The third kappa shape index (κ3) is 4.48. The molecule has 0 saturated carbocycles. The fourth-order valence-electron chi connectivity index (χ4n) is 2.19. The lowest BCUT2D eigenvalue weighted by Gasteiger charge is -2.09. The van der Waals surface area contributed by atoms with Crippen molar-refractivity contribution in [2.24, 2.45) is 5.92 Å². The summed E-state index contributed by atoms with van der Waals surface area (Å²) in [7, 11) is 0. The number of hydrogen-bond donors (Lipinski definition) is 2. The molecule has 114 valence electrons. The fraction of sp³-hybridized carbons (Fsp3) is 0.500. The van der Waals surface area contributed by atoms with Crippen molar-refractivity contribution in [3.05, 3.63) is 29.3 Å². The summed E-state index contributed by atoms with van der Waals surface area (Å²) < 4.78 is 5.44. The zero-order valence-electron chi connectivity index (χ0n) is 12.6. The molecule has 2 amide bonds. The van der Waals surface area contributed by atoms with E-state index in [4.69, 9.17) is 4.74 Å². The van der Waals surface area contributed by atoms with Crippen molar-refractivity contribution in [3.63, 3.8) is 0 Å². The lowest BCUT2D eigenvalue weighted by atomic mass is 10.1. The molecule has 5 nitrogen and oxygen atoms in total. The number of nitrogens with one attached hydrogen (secondary N) is 2. The first kappa shape index (κ1) is 15.4. The van der Waals surface area contributed by atoms with Crippen molar-refractivity contribution in [2.75, 3.05) is 19.7 Å². The summed E-state index contributed by atoms with van der Waals surface area (Å²) in [6, 6.07) is 5.88. The van der Waals surface area contributed by atoms with Gasteiger partial charge in [-0.2, -0.15) is 0 Å². The normalized spacial score (nSPS) is 12.7. The summed E-state index contributed by atoms with van der Waals surface area (Å²) in [5, 5.41) is 5.57.